The molecule has 0 unspecified atom stereocenters. The molecule has 232 valence electrons. The second-order valence-corrected chi connectivity index (χ2v) is 12.0. The molecule has 0 bridgehead atoms. The van der Waals surface area contributed by atoms with Crippen LogP contribution in [0.3, 0.4) is 0 Å². The largest absolute Gasteiger partial charge is 0.493 e. The fraction of sp³-hybridized carbons (Fsp3) is 0.206. The van der Waals surface area contributed by atoms with E-state index in [1.165, 1.54) is 13.2 Å². The zero-order chi connectivity index (χ0) is 32.0. The molecule has 10 nitrogen and oxygen atoms in total. The normalized spacial score (nSPS) is 11.5. The number of hydrogen-bond acceptors (Lipinski definition) is 8. The first-order valence-corrected chi connectivity index (χ1v) is 16.0. The van der Waals surface area contributed by atoms with Crippen molar-refractivity contribution >= 4 is 32.7 Å². The fourth-order valence-electron chi connectivity index (χ4n) is 5.51. The van der Waals surface area contributed by atoms with E-state index in [4.69, 9.17) is 13.7 Å². The number of nitrogens with zero attached hydrogens (tertiary/aromatic N) is 2. The van der Waals surface area contributed by atoms with Crippen molar-refractivity contribution in [1.82, 2.24) is 4.57 Å². The Morgan fingerprint density at radius 1 is 0.867 bits per heavy atom. The zero-order valence-corrected chi connectivity index (χ0v) is 25.6. The van der Waals surface area contributed by atoms with Gasteiger partial charge in [-0.05, 0) is 47.0 Å². The van der Waals surface area contributed by atoms with Crippen LogP contribution in [0.25, 0.3) is 10.9 Å². The van der Waals surface area contributed by atoms with Crippen molar-refractivity contribution in [2.75, 3.05) is 26.6 Å². The maximum absolute atomic E-state index is 11.9. The number of carbonyl (C=O) groups excluding carboxylic acids is 1. The molecule has 1 heterocycles. The predicted octanol–water partition coefficient (Wildman–Crippen LogP) is 6.11. The van der Waals surface area contributed by atoms with E-state index in [0.29, 0.717) is 23.1 Å². The minimum absolute atomic E-state index is 0.0601. The van der Waals surface area contributed by atoms with E-state index in [-0.39, 0.29) is 31.4 Å². The van der Waals surface area contributed by atoms with Gasteiger partial charge in [0.15, 0.2) is 0 Å². The van der Waals surface area contributed by atoms with E-state index >= 15 is 0 Å². The summed E-state index contributed by atoms with van der Waals surface area (Å²) >= 11 is 0. The summed E-state index contributed by atoms with van der Waals surface area (Å²) in [6.45, 7) is 0.0943. The summed E-state index contributed by atoms with van der Waals surface area (Å²) < 4.78 is 41.9. The smallest absolute Gasteiger partial charge is 0.337 e. The van der Waals surface area contributed by atoms with Gasteiger partial charge < -0.3 is 14.0 Å². The Balaban J connectivity index is 1.64. The second-order valence-electron chi connectivity index (χ2n) is 10.4. The minimum Gasteiger partial charge on any atom is -0.493 e. The third-order valence-electron chi connectivity index (χ3n) is 7.44. The fourth-order valence-corrected chi connectivity index (χ4v) is 5.89. The van der Waals surface area contributed by atoms with Crippen LogP contribution in [-0.2, 0) is 31.9 Å². The van der Waals surface area contributed by atoms with E-state index in [9.17, 15) is 23.3 Å². The van der Waals surface area contributed by atoms with Crippen LogP contribution in [0.4, 0.5) is 5.69 Å². The van der Waals surface area contributed by atoms with Crippen LogP contribution < -0.4 is 4.74 Å². The summed E-state index contributed by atoms with van der Waals surface area (Å²) in [5, 5.41) is 12.5. The predicted molar refractivity (Wildman–Crippen MR) is 170 cm³/mol. The van der Waals surface area contributed by atoms with Crippen molar-refractivity contribution in [3.8, 4) is 5.75 Å². The molecule has 0 aliphatic heterocycles. The summed E-state index contributed by atoms with van der Waals surface area (Å²) in [6.07, 6.45) is 1.58. The Kier molecular flexibility index (Phi) is 9.60. The number of rotatable bonds is 13. The standard InChI is InChI=1S/C34H32N2O8S/c1-42-34(37)26-13-16-28(17-14-26)43-21-19-29-30-23-27(36(38)39)15-18-31(30)35(32(29)20-22-44-45(2,40)41)33(24-9-5-3-6-10-24)25-11-7-4-8-12-25/h3-18,23,33H,19-22H2,1-2H3. The van der Waals surface area contributed by atoms with Gasteiger partial charge in [0.05, 0.1) is 43.1 Å². The highest BCUT2D eigenvalue weighted by Crippen LogP contribution is 2.38. The van der Waals surface area contributed by atoms with Gasteiger partial charge >= 0.3 is 5.97 Å². The number of non-ortho nitro benzene ring substituents is 1. The molecule has 0 atom stereocenters. The van der Waals surface area contributed by atoms with E-state index in [1.807, 2.05) is 60.7 Å². The first-order valence-electron chi connectivity index (χ1n) is 14.2. The summed E-state index contributed by atoms with van der Waals surface area (Å²) in [5.41, 5.74) is 4.61. The molecule has 5 rings (SSSR count). The maximum atomic E-state index is 11.9. The lowest BCUT2D eigenvalue weighted by Gasteiger charge is -2.25. The number of esters is 1. The van der Waals surface area contributed by atoms with Gasteiger partial charge in [0.25, 0.3) is 15.8 Å². The molecule has 4 aromatic carbocycles. The lowest BCUT2D eigenvalue weighted by atomic mass is 9.97. The van der Waals surface area contributed by atoms with Gasteiger partial charge in [-0.2, -0.15) is 8.42 Å². The molecule has 0 amide bonds. The second kappa shape index (κ2) is 13.7. The minimum atomic E-state index is -3.71. The van der Waals surface area contributed by atoms with Crippen molar-refractivity contribution < 1.29 is 31.8 Å². The Bertz CT molecular complexity index is 1870. The van der Waals surface area contributed by atoms with Crippen LogP contribution in [0.15, 0.2) is 103 Å². The topological polar surface area (TPSA) is 127 Å². The number of ether oxygens (including phenoxy) is 2. The van der Waals surface area contributed by atoms with Crippen LogP contribution >= 0.6 is 0 Å². The molecule has 5 aromatic rings. The van der Waals surface area contributed by atoms with Crippen LogP contribution in [0.1, 0.15) is 38.8 Å². The summed E-state index contributed by atoms with van der Waals surface area (Å²) in [7, 11) is -2.40. The van der Waals surface area contributed by atoms with Crippen LogP contribution in [0, 0.1) is 10.1 Å². The average molecular weight is 629 g/mol. The molecular formula is C34H32N2O8S. The number of benzene rings is 4. The molecule has 0 fully saturated rings. The lowest BCUT2D eigenvalue weighted by molar-refractivity contribution is -0.384. The third-order valence-corrected chi connectivity index (χ3v) is 8.03. The molecule has 1 aromatic heterocycles. The third kappa shape index (κ3) is 7.39. The number of nitro groups is 1. The first-order chi connectivity index (χ1) is 21.7. The van der Waals surface area contributed by atoms with Crippen molar-refractivity contribution in [2.45, 2.75) is 18.9 Å². The summed E-state index contributed by atoms with van der Waals surface area (Å²) in [5.74, 6) is 0.0778. The van der Waals surface area contributed by atoms with Crippen molar-refractivity contribution in [1.29, 1.82) is 0 Å². The quantitative estimate of drug-likeness (QED) is 0.0661. The summed E-state index contributed by atoms with van der Waals surface area (Å²) in [6, 6.07) is 30.8. The van der Waals surface area contributed by atoms with Gasteiger partial charge in [-0.25, -0.2) is 4.79 Å². The molecule has 45 heavy (non-hydrogen) atoms. The zero-order valence-electron chi connectivity index (χ0n) is 24.8. The van der Waals surface area contributed by atoms with E-state index < -0.39 is 21.0 Å². The van der Waals surface area contributed by atoms with Gasteiger partial charge in [-0.1, -0.05) is 60.7 Å². The van der Waals surface area contributed by atoms with Gasteiger partial charge in [-0.3, -0.25) is 14.3 Å². The Labute approximate surface area is 261 Å². The number of fused-ring (bicyclic) bond motifs is 1. The van der Waals surface area contributed by atoms with Crippen molar-refractivity contribution in [3.63, 3.8) is 0 Å². The van der Waals surface area contributed by atoms with Gasteiger partial charge in [0.2, 0.25) is 0 Å². The molecule has 11 heteroatoms. The average Bonchev–Trinajstić information content (AvgIpc) is 3.33. The highest BCUT2D eigenvalue weighted by Gasteiger charge is 2.27. The molecule has 0 aliphatic carbocycles. The highest BCUT2D eigenvalue weighted by molar-refractivity contribution is 7.85. The first kappa shape index (κ1) is 31.4. The lowest BCUT2D eigenvalue weighted by Crippen LogP contribution is -2.18. The van der Waals surface area contributed by atoms with Gasteiger partial charge in [0.1, 0.15) is 5.75 Å². The molecule has 0 N–H and O–H groups in total. The summed E-state index contributed by atoms with van der Waals surface area (Å²) in [4.78, 5) is 23.2. The van der Waals surface area contributed by atoms with Crippen LogP contribution in [0.5, 0.6) is 5.75 Å². The number of carbonyl (C=O) groups is 1. The molecule has 0 spiro atoms. The Morgan fingerprint density at radius 3 is 2.04 bits per heavy atom. The SMILES string of the molecule is COC(=O)c1ccc(OCCc2c(CCOS(C)(=O)=O)n(C(c3ccccc3)c3ccccc3)c3ccc([N+](=O)[O-])cc23)cc1. The van der Waals surface area contributed by atoms with Crippen LogP contribution in [0.2, 0.25) is 0 Å². The molecule has 0 saturated carbocycles. The molecular weight excluding hydrogens is 596 g/mol. The van der Waals surface area contributed by atoms with Crippen molar-refractivity contribution in [3.05, 3.63) is 141 Å². The molecule has 0 radical (unpaired) electrons. The number of hydrogen-bond donors (Lipinski definition) is 0. The molecule has 0 saturated heterocycles. The number of aromatic nitrogens is 1. The van der Waals surface area contributed by atoms with E-state index in [1.54, 1.807) is 36.4 Å². The van der Waals surface area contributed by atoms with Gasteiger partial charge in [0, 0.05) is 41.6 Å². The van der Waals surface area contributed by atoms with Crippen molar-refractivity contribution in [2.24, 2.45) is 0 Å². The molecule has 0 aliphatic rings. The highest BCUT2D eigenvalue weighted by atomic mass is 32.2. The Hall–Kier alpha value is -5.00. The number of nitro benzene ring substituents is 1. The van der Waals surface area contributed by atoms with Crippen LogP contribution in [-0.4, -0.2) is 50.5 Å². The monoisotopic (exact) mass is 628 g/mol. The van der Waals surface area contributed by atoms with E-state index in [2.05, 4.69) is 4.57 Å². The Morgan fingerprint density at radius 2 is 1.49 bits per heavy atom. The van der Waals surface area contributed by atoms with E-state index in [0.717, 1.165) is 34.2 Å². The van der Waals surface area contributed by atoms with Gasteiger partial charge in [-0.15, -0.1) is 0 Å². The maximum Gasteiger partial charge on any atom is 0.337 e. The number of methoxy groups -OCH3 is 1.